The Hall–Kier alpha value is -1.46. The van der Waals surface area contributed by atoms with Crippen LogP contribution in [0.25, 0.3) is 0 Å². The Morgan fingerprint density at radius 2 is 1.03 bits per heavy atom. The highest BCUT2D eigenvalue weighted by Crippen LogP contribution is 2.25. The summed E-state index contributed by atoms with van der Waals surface area (Å²) in [6, 6.07) is 0. The van der Waals surface area contributed by atoms with Gasteiger partial charge in [0.15, 0.2) is 0 Å². The molecule has 0 saturated heterocycles. The van der Waals surface area contributed by atoms with Crippen LogP contribution in [0.15, 0.2) is 0 Å². The van der Waals surface area contributed by atoms with E-state index in [1.54, 1.807) is 0 Å². The molecule has 1 rings (SSSR count). The van der Waals surface area contributed by atoms with Gasteiger partial charge < -0.3 is 18.9 Å². The van der Waals surface area contributed by atoms with Gasteiger partial charge in [-0.2, -0.15) is 0 Å². The van der Waals surface area contributed by atoms with Gasteiger partial charge in [0.25, 0.3) is 0 Å². The van der Waals surface area contributed by atoms with Gasteiger partial charge in [0.2, 0.25) is 0 Å². The van der Waals surface area contributed by atoms with Gasteiger partial charge in [-0.1, -0.05) is 54.4 Å². The summed E-state index contributed by atoms with van der Waals surface area (Å²) >= 11 is 0. The van der Waals surface area contributed by atoms with Gasteiger partial charge in [-0.15, -0.1) is 0 Å². The summed E-state index contributed by atoms with van der Waals surface area (Å²) in [6.07, 6.45) is 5.21. The van der Waals surface area contributed by atoms with Crippen molar-refractivity contribution in [2.75, 3.05) is 13.2 Å². The minimum absolute atomic E-state index is 0.172. The molecule has 0 aliphatic heterocycles. The monoisotopic (exact) mass is 428 g/mol. The summed E-state index contributed by atoms with van der Waals surface area (Å²) in [5, 5.41) is 0. The fourth-order valence-electron chi connectivity index (χ4n) is 4.02. The minimum atomic E-state index is -0.586. The number of carbonyl (C=O) groups excluding carboxylic acids is 2. The van der Waals surface area contributed by atoms with Crippen molar-refractivity contribution in [1.82, 2.24) is 0 Å². The van der Waals surface area contributed by atoms with Crippen LogP contribution in [-0.4, -0.2) is 37.7 Å². The van der Waals surface area contributed by atoms with Crippen LogP contribution in [0.2, 0.25) is 0 Å². The first-order valence-corrected chi connectivity index (χ1v) is 11.9. The highest BCUT2D eigenvalue weighted by Gasteiger charge is 2.27. The molecule has 1 saturated carbocycles. The molecule has 30 heavy (non-hydrogen) atoms. The van der Waals surface area contributed by atoms with Gasteiger partial charge in [0.1, 0.15) is 12.2 Å². The first-order chi connectivity index (χ1) is 14.2. The van der Waals surface area contributed by atoms with E-state index in [9.17, 15) is 9.59 Å². The molecule has 0 amide bonds. The molecular formula is C24H44O6. The lowest BCUT2D eigenvalue weighted by Crippen LogP contribution is -2.31. The molecule has 0 aromatic carbocycles. The highest BCUT2D eigenvalue weighted by atomic mass is 16.7. The molecule has 0 spiro atoms. The third-order valence-corrected chi connectivity index (χ3v) is 5.78. The van der Waals surface area contributed by atoms with Crippen molar-refractivity contribution < 1.29 is 28.5 Å². The molecule has 6 nitrogen and oxygen atoms in total. The Labute approximate surface area is 183 Å². The largest absolute Gasteiger partial charge is 0.508 e. The van der Waals surface area contributed by atoms with E-state index >= 15 is 0 Å². The maximum Gasteiger partial charge on any atom is 0.508 e. The zero-order valence-electron chi connectivity index (χ0n) is 20.0. The van der Waals surface area contributed by atoms with Gasteiger partial charge in [-0.3, -0.25) is 0 Å². The summed E-state index contributed by atoms with van der Waals surface area (Å²) in [7, 11) is 0. The number of hydrogen-bond acceptors (Lipinski definition) is 6. The summed E-state index contributed by atoms with van der Waals surface area (Å²) < 4.78 is 21.5. The maximum absolute atomic E-state index is 12.0. The minimum Gasteiger partial charge on any atom is -0.434 e. The van der Waals surface area contributed by atoms with E-state index in [-0.39, 0.29) is 12.2 Å². The second kappa shape index (κ2) is 14.5. The Morgan fingerprint density at radius 3 is 1.30 bits per heavy atom. The molecule has 6 heteroatoms. The predicted molar refractivity (Wildman–Crippen MR) is 117 cm³/mol. The van der Waals surface area contributed by atoms with Crippen LogP contribution in [-0.2, 0) is 18.9 Å². The fraction of sp³-hybridized carbons (Fsp3) is 0.917. The normalized spacial score (nSPS) is 21.2. The highest BCUT2D eigenvalue weighted by molar-refractivity contribution is 5.60. The predicted octanol–water partition coefficient (Wildman–Crippen LogP) is 6.75. The molecule has 1 aliphatic rings. The van der Waals surface area contributed by atoms with Gasteiger partial charge in [-0.25, -0.2) is 9.59 Å². The van der Waals surface area contributed by atoms with Crippen LogP contribution in [0.3, 0.4) is 0 Å². The molecule has 0 radical (unpaired) electrons. The number of hydrogen-bond donors (Lipinski definition) is 0. The fourth-order valence-corrected chi connectivity index (χ4v) is 4.02. The number of rotatable bonds is 12. The van der Waals surface area contributed by atoms with E-state index in [4.69, 9.17) is 18.9 Å². The topological polar surface area (TPSA) is 71.1 Å². The van der Waals surface area contributed by atoms with Crippen LogP contribution in [0, 0.1) is 23.7 Å². The molecule has 0 heterocycles. The molecule has 2 atom stereocenters. The van der Waals surface area contributed by atoms with E-state index < -0.39 is 12.3 Å². The van der Waals surface area contributed by atoms with Crippen LogP contribution in [0.4, 0.5) is 9.59 Å². The lowest BCUT2D eigenvalue weighted by atomic mass is 9.95. The van der Waals surface area contributed by atoms with E-state index in [1.807, 2.05) is 0 Å². The molecule has 0 aromatic heterocycles. The van der Waals surface area contributed by atoms with Crippen molar-refractivity contribution in [3.8, 4) is 0 Å². The van der Waals surface area contributed by atoms with Gasteiger partial charge in [0, 0.05) is 0 Å². The van der Waals surface area contributed by atoms with E-state index in [0.717, 1.165) is 25.7 Å². The first-order valence-electron chi connectivity index (χ1n) is 11.9. The van der Waals surface area contributed by atoms with Crippen molar-refractivity contribution in [2.24, 2.45) is 23.7 Å². The number of carbonyl (C=O) groups is 2. The van der Waals surface area contributed by atoms with Crippen molar-refractivity contribution in [1.29, 1.82) is 0 Å². The molecule has 176 valence electrons. The summed E-state index contributed by atoms with van der Waals surface area (Å²) in [4.78, 5) is 24.0. The van der Waals surface area contributed by atoms with E-state index in [0.29, 0.717) is 62.6 Å². The summed E-state index contributed by atoms with van der Waals surface area (Å²) in [5.41, 5.74) is 0. The Balaban J connectivity index is 2.23. The zero-order chi connectivity index (χ0) is 22.5. The average Bonchev–Trinajstić information content (AvgIpc) is 2.69. The van der Waals surface area contributed by atoms with E-state index in [2.05, 4.69) is 41.5 Å². The Morgan fingerprint density at radius 1 is 0.700 bits per heavy atom. The molecule has 2 unspecified atom stereocenters. The van der Waals surface area contributed by atoms with Crippen molar-refractivity contribution in [3.63, 3.8) is 0 Å². The van der Waals surface area contributed by atoms with E-state index in [1.165, 1.54) is 0 Å². The molecule has 0 aromatic rings. The second-order valence-electron chi connectivity index (χ2n) is 9.56. The maximum atomic E-state index is 12.0. The molecule has 0 bridgehead atoms. The zero-order valence-corrected chi connectivity index (χ0v) is 20.0. The van der Waals surface area contributed by atoms with Crippen LogP contribution < -0.4 is 0 Å². The third-order valence-electron chi connectivity index (χ3n) is 5.78. The van der Waals surface area contributed by atoms with Crippen molar-refractivity contribution in [2.45, 2.75) is 105 Å². The quantitative estimate of drug-likeness (QED) is 0.320. The Bertz CT molecular complexity index is 438. The molecular weight excluding hydrogens is 384 g/mol. The number of ether oxygens (including phenoxy) is 4. The molecule has 0 N–H and O–H groups in total. The van der Waals surface area contributed by atoms with Crippen LogP contribution >= 0.6 is 0 Å². The third kappa shape index (κ3) is 11.7. The van der Waals surface area contributed by atoms with Crippen LogP contribution in [0.5, 0.6) is 0 Å². The van der Waals surface area contributed by atoms with Gasteiger partial charge >= 0.3 is 12.3 Å². The SMILES string of the molecule is CCC(COC(=O)OC1CCC(OC(=O)OCC(CC)CC(C)C)CC1)CC(C)C. The summed E-state index contributed by atoms with van der Waals surface area (Å²) in [6.45, 7) is 13.7. The molecule has 1 fully saturated rings. The lowest BCUT2D eigenvalue weighted by Gasteiger charge is -2.28. The Kier molecular flexibility index (Phi) is 12.9. The lowest BCUT2D eigenvalue weighted by molar-refractivity contribution is -0.0323. The first kappa shape index (κ1) is 26.6. The van der Waals surface area contributed by atoms with Gasteiger partial charge in [-0.05, 0) is 62.2 Å². The standard InChI is InChI=1S/C24H44O6/c1-7-19(13-17(3)4)15-27-23(25)29-21-9-11-22(12-10-21)30-24(26)28-16-20(8-2)14-18(5)6/h17-22H,7-16H2,1-6H3. The molecule has 1 aliphatic carbocycles. The second-order valence-corrected chi connectivity index (χ2v) is 9.56. The van der Waals surface area contributed by atoms with Crippen molar-refractivity contribution in [3.05, 3.63) is 0 Å². The van der Waals surface area contributed by atoms with Crippen molar-refractivity contribution >= 4 is 12.3 Å². The van der Waals surface area contributed by atoms with Gasteiger partial charge in [0.05, 0.1) is 13.2 Å². The summed E-state index contributed by atoms with van der Waals surface area (Å²) in [5.74, 6) is 1.92. The van der Waals surface area contributed by atoms with Crippen LogP contribution in [0.1, 0.15) is 92.9 Å². The smallest absolute Gasteiger partial charge is 0.434 e. The average molecular weight is 429 g/mol.